The van der Waals surface area contributed by atoms with Crippen molar-refractivity contribution in [2.75, 3.05) is 0 Å². The summed E-state index contributed by atoms with van der Waals surface area (Å²) < 4.78 is 0. The van der Waals surface area contributed by atoms with Gasteiger partial charge in [0.15, 0.2) is 0 Å². The summed E-state index contributed by atoms with van der Waals surface area (Å²) in [4.78, 5) is 14.8. The molecule has 1 aromatic carbocycles. The Kier molecular flexibility index (Phi) is 3.42. The SMILES string of the molecule is C=Cc1ccc(C(=O)OO)c(CC)c1. The van der Waals surface area contributed by atoms with Gasteiger partial charge in [-0.05, 0) is 23.6 Å². The first-order chi connectivity index (χ1) is 6.72. The van der Waals surface area contributed by atoms with Gasteiger partial charge in [0.1, 0.15) is 0 Å². The van der Waals surface area contributed by atoms with E-state index >= 15 is 0 Å². The molecule has 0 heterocycles. The standard InChI is InChI=1S/C11H12O3/c1-3-8-5-6-10(11(12)14-13)9(4-2)7-8/h3,5-7,13H,1,4H2,2H3. The second-order valence-corrected chi connectivity index (χ2v) is 2.85. The van der Waals surface area contributed by atoms with Crippen LogP contribution in [0.4, 0.5) is 0 Å². The van der Waals surface area contributed by atoms with Crippen LogP contribution in [0.25, 0.3) is 6.08 Å². The molecule has 0 radical (unpaired) electrons. The molecule has 0 aliphatic heterocycles. The molecule has 3 nitrogen and oxygen atoms in total. The molecule has 0 fully saturated rings. The molecule has 0 atom stereocenters. The van der Waals surface area contributed by atoms with Crippen LogP contribution in [0.2, 0.25) is 0 Å². The van der Waals surface area contributed by atoms with Gasteiger partial charge in [0.2, 0.25) is 0 Å². The molecule has 3 heteroatoms. The summed E-state index contributed by atoms with van der Waals surface area (Å²) in [5.41, 5.74) is 2.17. The number of benzene rings is 1. The summed E-state index contributed by atoms with van der Waals surface area (Å²) in [5, 5.41) is 8.26. The number of carbonyl (C=O) groups excluding carboxylic acids is 1. The van der Waals surface area contributed by atoms with Gasteiger partial charge >= 0.3 is 5.97 Å². The molecule has 0 amide bonds. The van der Waals surface area contributed by atoms with Crippen molar-refractivity contribution in [1.29, 1.82) is 0 Å². The predicted molar refractivity (Wildman–Crippen MR) is 54.0 cm³/mol. The van der Waals surface area contributed by atoms with Crippen LogP contribution in [0.3, 0.4) is 0 Å². The minimum absolute atomic E-state index is 0.389. The molecular weight excluding hydrogens is 180 g/mol. The zero-order chi connectivity index (χ0) is 10.6. The van der Waals surface area contributed by atoms with E-state index in [1.54, 1.807) is 18.2 Å². The van der Waals surface area contributed by atoms with Gasteiger partial charge in [-0.3, -0.25) is 4.89 Å². The first-order valence-corrected chi connectivity index (χ1v) is 4.34. The maximum Gasteiger partial charge on any atom is 0.373 e. The summed E-state index contributed by atoms with van der Waals surface area (Å²) in [6.07, 6.45) is 2.40. The van der Waals surface area contributed by atoms with Crippen LogP contribution in [0.5, 0.6) is 0 Å². The fourth-order valence-electron chi connectivity index (χ4n) is 1.28. The van der Waals surface area contributed by atoms with Gasteiger partial charge in [-0.1, -0.05) is 31.7 Å². The Morgan fingerprint density at radius 2 is 2.36 bits per heavy atom. The summed E-state index contributed by atoms with van der Waals surface area (Å²) >= 11 is 0. The molecule has 0 saturated heterocycles. The highest BCUT2D eigenvalue weighted by Gasteiger charge is 2.11. The van der Waals surface area contributed by atoms with Crippen molar-refractivity contribution in [3.63, 3.8) is 0 Å². The zero-order valence-corrected chi connectivity index (χ0v) is 7.99. The second-order valence-electron chi connectivity index (χ2n) is 2.85. The largest absolute Gasteiger partial charge is 0.373 e. The van der Waals surface area contributed by atoms with Crippen molar-refractivity contribution >= 4 is 12.0 Å². The molecule has 14 heavy (non-hydrogen) atoms. The highest BCUT2D eigenvalue weighted by molar-refractivity contribution is 5.91. The van der Waals surface area contributed by atoms with Crippen LogP contribution in [-0.2, 0) is 11.3 Å². The highest BCUT2D eigenvalue weighted by Crippen LogP contribution is 2.14. The fourth-order valence-corrected chi connectivity index (χ4v) is 1.28. The number of aryl methyl sites for hydroxylation is 1. The van der Waals surface area contributed by atoms with Gasteiger partial charge in [0.05, 0.1) is 5.56 Å². The van der Waals surface area contributed by atoms with Crippen molar-refractivity contribution in [1.82, 2.24) is 0 Å². The lowest BCUT2D eigenvalue weighted by Crippen LogP contribution is -2.05. The van der Waals surface area contributed by atoms with Crippen LogP contribution >= 0.6 is 0 Å². The summed E-state index contributed by atoms with van der Waals surface area (Å²) in [7, 11) is 0. The van der Waals surface area contributed by atoms with Gasteiger partial charge in [-0.2, -0.15) is 5.26 Å². The maximum atomic E-state index is 11.1. The monoisotopic (exact) mass is 192 g/mol. The van der Waals surface area contributed by atoms with Crippen molar-refractivity contribution in [2.45, 2.75) is 13.3 Å². The summed E-state index contributed by atoms with van der Waals surface area (Å²) in [6, 6.07) is 5.21. The summed E-state index contributed by atoms with van der Waals surface area (Å²) in [6.45, 7) is 5.56. The lowest BCUT2D eigenvalue weighted by atomic mass is 10.0. The Morgan fingerprint density at radius 3 is 2.86 bits per heavy atom. The number of carbonyl (C=O) groups is 1. The van der Waals surface area contributed by atoms with E-state index in [1.807, 2.05) is 13.0 Å². The highest BCUT2D eigenvalue weighted by atomic mass is 17.1. The smallest absolute Gasteiger partial charge is 0.295 e. The van der Waals surface area contributed by atoms with E-state index < -0.39 is 5.97 Å². The van der Waals surface area contributed by atoms with Crippen molar-refractivity contribution in [2.24, 2.45) is 0 Å². The molecule has 1 aromatic rings. The van der Waals surface area contributed by atoms with E-state index in [0.29, 0.717) is 12.0 Å². The van der Waals surface area contributed by atoms with Gasteiger partial charge < -0.3 is 0 Å². The van der Waals surface area contributed by atoms with Crippen molar-refractivity contribution in [3.8, 4) is 0 Å². The third-order valence-electron chi connectivity index (χ3n) is 2.05. The Hall–Kier alpha value is -1.61. The first kappa shape index (κ1) is 10.5. The minimum atomic E-state index is -0.725. The Balaban J connectivity index is 3.17. The normalized spacial score (nSPS) is 9.57. The number of hydrogen-bond donors (Lipinski definition) is 1. The Bertz CT molecular complexity index is 356. The average molecular weight is 192 g/mol. The maximum absolute atomic E-state index is 11.1. The molecule has 0 bridgehead atoms. The fraction of sp³-hybridized carbons (Fsp3) is 0.182. The lowest BCUT2D eigenvalue weighted by molar-refractivity contribution is -0.182. The van der Waals surface area contributed by atoms with E-state index in [1.165, 1.54) is 0 Å². The van der Waals surface area contributed by atoms with Crippen LogP contribution < -0.4 is 0 Å². The molecule has 0 aliphatic carbocycles. The van der Waals surface area contributed by atoms with E-state index in [4.69, 9.17) is 5.26 Å². The molecule has 0 unspecified atom stereocenters. The van der Waals surface area contributed by atoms with Gasteiger partial charge in [0.25, 0.3) is 0 Å². The quantitative estimate of drug-likeness (QED) is 0.591. The molecule has 74 valence electrons. The molecule has 0 aromatic heterocycles. The first-order valence-electron chi connectivity index (χ1n) is 4.34. The minimum Gasteiger partial charge on any atom is -0.295 e. The lowest BCUT2D eigenvalue weighted by Gasteiger charge is -2.05. The third-order valence-corrected chi connectivity index (χ3v) is 2.05. The number of rotatable bonds is 3. The van der Waals surface area contributed by atoms with E-state index in [9.17, 15) is 4.79 Å². The molecular formula is C11H12O3. The molecule has 1 N–H and O–H groups in total. The van der Waals surface area contributed by atoms with E-state index in [2.05, 4.69) is 11.5 Å². The van der Waals surface area contributed by atoms with Gasteiger partial charge in [0, 0.05) is 0 Å². The number of hydrogen-bond acceptors (Lipinski definition) is 3. The van der Waals surface area contributed by atoms with Crippen LogP contribution in [0.1, 0.15) is 28.4 Å². The second kappa shape index (κ2) is 4.58. The Morgan fingerprint density at radius 1 is 1.64 bits per heavy atom. The molecule has 0 aliphatic rings. The molecule has 0 saturated carbocycles. The van der Waals surface area contributed by atoms with Crippen LogP contribution in [0.15, 0.2) is 24.8 Å². The zero-order valence-electron chi connectivity index (χ0n) is 7.99. The van der Waals surface area contributed by atoms with E-state index in [0.717, 1.165) is 11.1 Å². The molecule has 0 spiro atoms. The van der Waals surface area contributed by atoms with Crippen LogP contribution in [0, 0.1) is 0 Å². The van der Waals surface area contributed by atoms with Crippen molar-refractivity contribution in [3.05, 3.63) is 41.5 Å². The third kappa shape index (κ3) is 2.00. The van der Waals surface area contributed by atoms with Gasteiger partial charge in [-0.15, -0.1) is 0 Å². The van der Waals surface area contributed by atoms with Gasteiger partial charge in [-0.25, -0.2) is 4.79 Å². The van der Waals surface area contributed by atoms with Crippen LogP contribution in [-0.4, -0.2) is 11.2 Å². The molecule has 1 rings (SSSR count). The Labute approximate surface area is 82.6 Å². The topological polar surface area (TPSA) is 46.5 Å². The summed E-state index contributed by atoms with van der Waals surface area (Å²) in [5.74, 6) is -0.725. The van der Waals surface area contributed by atoms with E-state index in [-0.39, 0.29) is 0 Å². The predicted octanol–water partition coefficient (Wildman–Crippen LogP) is 2.52. The van der Waals surface area contributed by atoms with Crippen molar-refractivity contribution < 1.29 is 14.9 Å². The average Bonchev–Trinajstić information content (AvgIpc) is 2.27.